The summed E-state index contributed by atoms with van der Waals surface area (Å²) in [7, 11) is 0. The molecule has 0 N–H and O–H groups in total. The molecule has 0 atom stereocenters. The molecule has 0 aliphatic heterocycles. The molecule has 138 valence electrons. The molecule has 28 heavy (non-hydrogen) atoms. The van der Waals surface area contributed by atoms with Crippen molar-refractivity contribution in [2.45, 2.75) is 6.61 Å². The second-order valence-electron chi connectivity index (χ2n) is 6.18. The van der Waals surface area contributed by atoms with Crippen LogP contribution in [0.15, 0.2) is 97.1 Å². The second-order valence-corrected chi connectivity index (χ2v) is 6.18. The van der Waals surface area contributed by atoms with Gasteiger partial charge < -0.3 is 14.2 Å². The molecule has 4 rings (SSSR count). The number of para-hydroxylation sites is 1. The summed E-state index contributed by atoms with van der Waals surface area (Å²) in [4.78, 5) is 12.1. The van der Waals surface area contributed by atoms with Crippen molar-refractivity contribution in [3.63, 3.8) is 0 Å². The predicted octanol–water partition coefficient (Wildman–Crippen LogP) is 6.35. The maximum absolute atomic E-state index is 12.1. The minimum absolute atomic E-state index is 0.0928. The summed E-state index contributed by atoms with van der Waals surface area (Å²) in [6.45, 7) is 0.0928. The molecule has 0 bridgehead atoms. The molecule has 4 aromatic carbocycles. The summed E-state index contributed by atoms with van der Waals surface area (Å²) >= 11 is 0. The molecule has 4 aromatic rings. The maximum atomic E-state index is 12.1. The van der Waals surface area contributed by atoms with Crippen LogP contribution in [0.25, 0.3) is 10.8 Å². The molecule has 0 spiro atoms. The SMILES string of the molecule is O=C(OCc1cccc(Oc2ccccc2)c1)Oc1cccc2ccccc12. The van der Waals surface area contributed by atoms with Crippen LogP contribution in [-0.2, 0) is 11.3 Å². The number of hydrogen-bond acceptors (Lipinski definition) is 4. The van der Waals surface area contributed by atoms with Gasteiger partial charge in [-0.1, -0.05) is 66.7 Å². The van der Waals surface area contributed by atoms with Crippen LogP contribution in [0.2, 0.25) is 0 Å². The van der Waals surface area contributed by atoms with Gasteiger partial charge in [0.2, 0.25) is 0 Å². The Labute approximate surface area is 162 Å². The molecule has 0 radical (unpaired) electrons. The van der Waals surface area contributed by atoms with Crippen LogP contribution >= 0.6 is 0 Å². The van der Waals surface area contributed by atoms with E-state index >= 15 is 0 Å². The number of carbonyl (C=O) groups is 1. The quantitative estimate of drug-likeness (QED) is 0.303. The number of fused-ring (bicyclic) bond motifs is 1. The lowest BCUT2D eigenvalue weighted by atomic mass is 10.1. The van der Waals surface area contributed by atoms with Crippen LogP contribution in [0.3, 0.4) is 0 Å². The summed E-state index contributed by atoms with van der Waals surface area (Å²) in [5.41, 5.74) is 0.809. The standard InChI is InChI=1S/C24H18O4/c25-24(28-23-15-7-10-19-9-4-5-14-22(19)23)26-17-18-8-6-13-21(16-18)27-20-11-2-1-3-12-20/h1-16H,17H2. The van der Waals surface area contributed by atoms with Crippen molar-refractivity contribution < 1.29 is 19.0 Å². The minimum Gasteiger partial charge on any atom is -0.457 e. The van der Waals surface area contributed by atoms with E-state index in [1.165, 1.54) is 0 Å². The third kappa shape index (κ3) is 4.30. The Hall–Kier alpha value is -3.79. The monoisotopic (exact) mass is 370 g/mol. The van der Waals surface area contributed by atoms with E-state index in [4.69, 9.17) is 14.2 Å². The highest BCUT2D eigenvalue weighted by Crippen LogP contribution is 2.26. The van der Waals surface area contributed by atoms with Crippen LogP contribution in [0, 0.1) is 0 Å². The summed E-state index contributed by atoms with van der Waals surface area (Å²) in [5.74, 6) is 1.90. The Balaban J connectivity index is 1.39. The lowest BCUT2D eigenvalue weighted by molar-refractivity contribution is 0.0932. The van der Waals surface area contributed by atoms with Crippen LogP contribution in [0.1, 0.15) is 5.56 Å². The smallest absolute Gasteiger partial charge is 0.457 e. The van der Waals surface area contributed by atoms with E-state index in [1.807, 2.05) is 91.0 Å². The number of carbonyl (C=O) groups excluding carboxylic acids is 1. The van der Waals surface area contributed by atoms with Crippen molar-refractivity contribution in [2.24, 2.45) is 0 Å². The molecular formula is C24H18O4. The van der Waals surface area contributed by atoms with Gasteiger partial charge in [-0.05, 0) is 41.3 Å². The van der Waals surface area contributed by atoms with Crippen molar-refractivity contribution in [1.29, 1.82) is 0 Å². The van der Waals surface area contributed by atoms with Crippen molar-refractivity contribution in [3.8, 4) is 17.2 Å². The molecular weight excluding hydrogens is 352 g/mol. The van der Waals surface area contributed by atoms with Gasteiger partial charge in [0.1, 0.15) is 23.9 Å². The van der Waals surface area contributed by atoms with E-state index in [1.54, 1.807) is 6.07 Å². The third-order valence-electron chi connectivity index (χ3n) is 4.18. The first-order valence-electron chi connectivity index (χ1n) is 8.92. The second kappa shape index (κ2) is 8.27. The van der Waals surface area contributed by atoms with Gasteiger partial charge >= 0.3 is 6.16 Å². The zero-order chi connectivity index (χ0) is 19.2. The molecule has 4 heteroatoms. The fraction of sp³-hybridized carbons (Fsp3) is 0.0417. The van der Waals surface area contributed by atoms with Crippen molar-refractivity contribution in [2.75, 3.05) is 0 Å². The van der Waals surface area contributed by atoms with E-state index in [-0.39, 0.29) is 6.61 Å². The molecule has 0 aliphatic carbocycles. The zero-order valence-corrected chi connectivity index (χ0v) is 15.1. The molecule has 0 amide bonds. The van der Waals surface area contributed by atoms with Gasteiger partial charge in [-0.3, -0.25) is 0 Å². The first kappa shape index (κ1) is 17.6. The summed E-state index contributed by atoms with van der Waals surface area (Å²) in [6.07, 6.45) is -0.745. The van der Waals surface area contributed by atoms with Crippen molar-refractivity contribution >= 4 is 16.9 Å². The van der Waals surface area contributed by atoms with Crippen LogP contribution < -0.4 is 9.47 Å². The number of ether oxygens (including phenoxy) is 3. The maximum Gasteiger partial charge on any atom is 0.514 e. The van der Waals surface area contributed by atoms with Crippen LogP contribution in [0.5, 0.6) is 17.2 Å². The Kier molecular flexibility index (Phi) is 5.20. The van der Waals surface area contributed by atoms with Gasteiger partial charge in [-0.25, -0.2) is 4.79 Å². The van der Waals surface area contributed by atoms with Gasteiger partial charge in [-0.2, -0.15) is 0 Å². The van der Waals surface area contributed by atoms with E-state index in [2.05, 4.69) is 0 Å². The molecule has 0 fully saturated rings. The largest absolute Gasteiger partial charge is 0.514 e. The van der Waals surface area contributed by atoms with Crippen molar-refractivity contribution in [3.05, 3.63) is 103 Å². The predicted molar refractivity (Wildman–Crippen MR) is 108 cm³/mol. The van der Waals surface area contributed by atoms with Gasteiger partial charge in [0, 0.05) is 5.39 Å². The van der Waals surface area contributed by atoms with E-state index in [0.717, 1.165) is 22.1 Å². The topological polar surface area (TPSA) is 44.8 Å². The van der Waals surface area contributed by atoms with Gasteiger partial charge in [0.15, 0.2) is 0 Å². The van der Waals surface area contributed by atoms with E-state index < -0.39 is 6.16 Å². The normalized spacial score (nSPS) is 10.4. The van der Waals surface area contributed by atoms with E-state index in [9.17, 15) is 4.79 Å². The summed E-state index contributed by atoms with van der Waals surface area (Å²) in [5, 5.41) is 1.86. The Morgan fingerprint density at radius 1 is 0.714 bits per heavy atom. The Morgan fingerprint density at radius 3 is 2.32 bits per heavy atom. The number of hydrogen-bond donors (Lipinski definition) is 0. The summed E-state index contributed by atoms with van der Waals surface area (Å²) in [6, 6.07) is 30.2. The van der Waals surface area contributed by atoms with Crippen LogP contribution in [-0.4, -0.2) is 6.16 Å². The van der Waals surface area contributed by atoms with Crippen LogP contribution in [0.4, 0.5) is 4.79 Å². The third-order valence-corrected chi connectivity index (χ3v) is 4.18. The average molecular weight is 370 g/mol. The highest BCUT2D eigenvalue weighted by atomic mass is 16.7. The molecule has 0 aliphatic rings. The zero-order valence-electron chi connectivity index (χ0n) is 15.1. The minimum atomic E-state index is -0.745. The van der Waals surface area contributed by atoms with Gasteiger partial charge in [0.05, 0.1) is 0 Å². The number of benzene rings is 4. The molecule has 0 aromatic heterocycles. The molecule has 0 saturated heterocycles. The lowest BCUT2D eigenvalue weighted by Gasteiger charge is -2.10. The fourth-order valence-electron chi connectivity index (χ4n) is 2.87. The first-order chi connectivity index (χ1) is 13.8. The molecule has 4 nitrogen and oxygen atoms in total. The molecule has 0 heterocycles. The van der Waals surface area contributed by atoms with Crippen molar-refractivity contribution in [1.82, 2.24) is 0 Å². The molecule has 0 unspecified atom stereocenters. The number of rotatable bonds is 5. The van der Waals surface area contributed by atoms with Gasteiger partial charge in [-0.15, -0.1) is 0 Å². The first-order valence-corrected chi connectivity index (χ1v) is 8.92. The van der Waals surface area contributed by atoms with Gasteiger partial charge in [0.25, 0.3) is 0 Å². The Morgan fingerprint density at radius 2 is 1.43 bits per heavy atom. The summed E-state index contributed by atoms with van der Waals surface area (Å²) < 4.78 is 16.5. The lowest BCUT2D eigenvalue weighted by Crippen LogP contribution is -2.10. The van der Waals surface area contributed by atoms with E-state index in [0.29, 0.717) is 11.5 Å². The highest BCUT2D eigenvalue weighted by Gasteiger charge is 2.10. The highest BCUT2D eigenvalue weighted by molar-refractivity contribution is 5.89. The molecule has 0 saturated carbocycles. The fourth-order valence-corrected chi connectivity index (χ4v) is 2.87. The average Bonchev–Trinajstić information content (AvgIpc) is 2.74. The Bertz CT molecular complexity index is 1080.